The van der Waals surface area contributed by atoms with Gasteiger partial charge in [0.25, 0.3) is 0 Å². The van der Waals surface area contributed by atoms with Gasteiger partial charge in [-0.15, -0.1) is 0 Å². The molecule has 2 heterocycles. The molecule has 0 bridgehead atoms. The van der Waals surface area contributed by atoms with Crippen LogP contribution in [0.25, 0.3) is 22.0 Å². The van der Waals surface area contributed by atoms with Crippen LogP contribution >= 0.6 is 0 Å². The van der Waals surface area contributed by atoms with E-state index in [-0.39, 0.29) is 0 Å². The van der Waals surface area contributed by atoms with Crippen molar-refractivity contribution >= 4 is 16.7 Å². The van der Waals surface area contributed by atoms with E-state index in [4.69, 9.17) is 4.98 Å². The maximum absolute atomic E-state index is 4.87. The lowest BCUT2D eigenvalue weighted by Crippen LogP contribution is -2.40. The molecule has 3 aromatic rings. The largest absolute Gasteiger partial charge is 0.338 e. The molecule has 1 atom stereocenters. The SMILES string of the molecule is CCC1C[CH]CCN1c1nccc(-c2ccc3ccccc3c2)n1. The molecule has 4 rings (SSSR count). The predicted octanol–water partition coefficient (Wildman–Crippen LogP) is 4.88. The summed E-state index contributed by atoms with van der Waals surface area (Å²) in [5.41, 5.74) is 2.14. The third-order valence-corrected chi connectivity index (χ3v) is 4.87. The first-order valence-corrected chi connectivity index (χ1v) is 8.75. The number of fused-ring (bicyclic) bond motifs is 1. The molecule has 1 fully saturated rings. The molecule has 2 aromatic carbocycles. The molecule has 1 saturated heterocycles. The Labute approximate surface area is 143 Å². The lowest BCUT2D eigenvalue weighted by molar-refractivity contribution is 0.505. The van der Waals surface area contributed by atoms with E-state index in [1.165, 1.54) is 10.8 Å². The van der Waals surface area contributed by atoms with Gasteiger partial charge in [0.1, 0.15) is 0 Å². The minimum absolute atomic E-state index is 0.519. The highest BCUT2D eigenvalue weighted by molar-refractivity contribution is 5.86. The van der Waals surface area contributed by atoms with E-state index >= 15 is 0 Å². The summed E-state index contributed by atoms with van der Waals surface area (Å²) < 4.78 is 0. The van der Waals surface area contributed by atoms with Gasteiger partial charge in [0, 0.05) is 24.3 Å². The minimum atomic E-state index is 0.519. The molecule has 1 aromatic heterocycles. The third-order valence-electron chi connectivity index (χ3n) is 4.87. The van der Waals surface area contributed by atoms with Crippen LogP contribution in [-0.4, -0.2) is 22.6 Å². The second-order valence-electron chi connectivity index (χ2n) is 6.37. The van der Waals surface area contributed by atoms with Crippen molar-refractivity contribution in [2.75, 3.05) is 11.4 Å². The van der Waals surface area contributed by atoms with Gasteiger partial charge in [-0.3, -0.25) is 0 Å². The number of rotatable bonds is 3. The first-order valence-electron chi connectivity index (χ1n) is 8.75. The number of hydrogen-bond acceptors (Lipinski definition) is 3. The summed E-state index contributed by atoms with van der Waals surface area (Å²) in [5.74, 6) is 0.862. The molecule has 1 aliphatic rings. The molecular formula is C21H22N3. The molecule has 1 aliphatic heterocycles. The van der Waals surface area contributed by atoms with E-state index in [0.717, 1.165) is 43.0 Å². The lowest BCUT2D eigenvalue weighted by Gasteiger charge is -2.35. The summed E-state index contributed by atoms with van der Waals surface area (Å²) in [5, 5.41) is 2.50. The Balaban J connectivity index is 1.70. The van der Waals surface area contributed by atoms with Crippen LogP contribution in [0.3, 0.4) is 0 Å². The predicted molar refractivity (Wildman–Crippen MR) is 99.9 cm³/mol. The smallest absolute Gasteiger partial charge is 0.226 e. The van der Waals surface area contributed by atoms with E-state index < -0.39 is 0 Å². The average Bonchev–Trinajstić information content (AvgIpc) is 2.67. The summed E-state index contributed by atoms with van der Waals surface area (Å²) in [4.78, 5) is 11.8. The second-order valence-corrected chi connectivity index (χ2v) is 6.37. The van der Waals surface area contributed by atoms with E-state index in [9.17, 15) is 0 Å². The van der Waals surface area contributed by atoms with Gasteiger partial charge >= 0.3 is 0 Å². The Morgan fingerprint density at radius 1 is 1.08 bits per heavy atom. The van der Waals surface area contributed by atoms with Crippen LogP contribution < -0.4 is 4.90 Å². The second kappa shape index (κ2) is 6.60. The average molecular weight is 316 g/mol. The van der Waals surface area contributed by atoms with Crippen LogP contribution in [0.2, 0.25) is 0 Å². The van der Waals surface area contributed by atoms with Gasteiger partial charge < -0.3 is 4.90 Å². The van der Waals surface area contributed by atoms with Gasteiger partial charge in [-0.05, 0) is 48.6 Å². The number of hydrogen-bond donors (Lipinski definition) is 0. The van der Waals surface area contributed by atoms with Gasteiger partial charge in [-0.2, -0.15) is 0 Å². The number of aromatic nitrogens is 2. The summed E-state index contributed by atoms with van der Waals surface area (Å²) in [6, 6.07) is 17.5. The molecule has 0 N–H and O–H groups in total. The normalized spacial score (nSPS) is 18.0. The van der Waals surface area contributed by atoms with Crippen molar-refractivity contribution in [3.8, 4) is 11.3 Å². The first kappa shape index (κ1) is 15.1. The maximum atomic E-state index is 4.87. The van der Waals surface area contributed by atoms with Gasteiger partial charge in [0.2, 0.25) is 5.95 Å². The fourth-order valence-corrected chi connectivity index (χ4v) is 3.50. The Hall–Kier alpha value is -2.42. The van der Waals surface area contributed by atoms with E-state index in [0.29, 0.717) is 6.04 Å². The highest BCUT2D eigenvalue weighted by Gasteiger charge is 2.23. The van der Waals surface area contributed by atoms with Crippen LogP contribution in [0.15, 0.2) is 54.7 Å². The van der Waals surface area contributed by atoms with E-state index in [1.54, 1.807) is 0 Å². The minimum Gasteiger partial charge on any atom is -0.338 e. The molecule has 0 saturated carbocycles. The molecule has 3 nitrogen and oxygen atoms in total. The number of piperidine rings is 1. The Kier molecular flexibility index (Phi) is 4.16. The van der Waals surface area contributed by atoms with Crippen LogP contribution in [0.5, 0.6) is 0 Å². The Morgan fingerprint density at radius 3 is 2.83 bits per heavy atom. The molecule has 1 unspecified atom stereocenters. The molecule has 121 valence electrons. The van der Waals surface area contributed by atoms with Crippen LogP contribution in [0, 0.1) is 6.42 Å². The van der Waals surface area contributed by atoms with Gasteiger partial charge in [0.15, 0.2) is 0 Å². The summed E-state index contributed by atoms with van der Waals surface area (Å²) in [7, 11) is 0. The van der Waals surface area contributed by atoms with Crippen molar-refractivity contribution in [1.29, 1.82) is 0 Å². The quantitative estimate of drug-likeness (QED) is 0.689. The Bertz CT molecular complexity index is 843. The van der Waals surface area contributed by atoms with Crippen molar-refractivity contribution in [2.45, 2.75) is 32.2 Å². The highest BCUT2D eigenvalue weighted by atomic mass is 15.3. The lowest BCUT2D eigenvalue weighted by atomic mass is 10.0. The zero-order chi connectivity index (χ0) is 16.4. The van der Waals surface area contributed by atoms with Crippen molar-refractivity contribution in [2.24, 2.45) is 0 Å². The Morgan fingerprint density at radius 2 is 1.96 bits per heavy atom. The molecule has 0 aliphatic carbocycles. The summed E-state index contributed by atoms with van der Waals surface area (Å²) >= 11 is 0. The highest BCUT2D eigenvalue weighted by Crippen LogP contribution is 2.27. The first-order chi connectivity index (χ1) is 11.8. The standard InChI is InChI=1S/C21H22N3/c1-2-19-9-5-6-14-24(19)21-22-13-12-20(23-21)18-11-10-16-7-3-4-8-17(16)15-18/h3-5,7-8,10-13,15,19H,2,6,9,14H2,1H3. The topological polar surface area (TPSA) is 29.0 Å². The molecule has 1 radical (unpaired) electrons. The summed E-state index contributed by atoms with van der Waals surface area (Å²) in [6.45, 7) is 3.25. The number of benzene rings is 2. The number of anilines is 1. The van der Waals surface area contributed by atoms with E-state index in [1.807, 2.05) is 12.3 Å². The third kappa shape index (κ3) is 2.86. The fraction of sp³-hybridized carbons (Fsp3) is 0.286. The molecule has 0 amide bonds. The van der Waals surface area contributed by atoms with Crippen molar-refractivity contribution in [3.63, 3.8) is 0 Å². The van der Waals surface area contributed by atoms with Gasteiger partial charge in [-0.1, -0.05) is 43.3 Å². The van der Waals surface area contributed by atoms with Crippen LogP contribution in [0.1, 0.15) is 26.2 Å². The molecule has 3 heteroatoms. The molecule has 24 heavy (non-hydrogen) atoms. The zero-order valence-corrected chi connectivity index (χ0v) is 14.0. The van der Waals surface area contributed by atoms with Crippen LogP contribution in [0.4, 0.5) is 5.95 Å². The molecular weight excluding hydrogens is 294 g/mol. The van der Waals surface area contributed by atoms with Crippen molar-refractivity contribution in [3.05, 3.63) is 61.1 Å². The zero-order valence-electron chi connectivity index (χ0n) is 14.0. The summed E-state index contributed by atoms with van der Waals surface area (Å²) in [6.07, 6.45) is 7.63. The monoisotopic (exact) mass is 316 g/mol. The van der Waals surface area contributed by atoms with Gasteiger partial charge in [0.05, 0.1) is 5.69 Å². The number of nitrogens with zero attached hydrogens (tertiary/aromatic N) is 3. The van der Waals surface area contributed by atoms with E-state index in [2.05, 4.69) is 65.7 Å². The van der Waals surface area contributed by atoms with Crippen LogP contribution in [-0.2, 0) is 0 Å². The molecule has 0 spiro atoms. The maximum Gasteiger partial charge on any atom is 0.226 e. The fourth-order valence-electron chi connectivity index (χ4n) is 3.50. The van der Waals surface area contributed by atoms with Crippen molar-refractivity contribution in [1.82, 2.24) is 9.97 Å². The van der Waals surface area contributed by atoms with Crippen molar-refractivity contribution < 1.29 is 0 Å². The van der Waals surface area contributed by atoms with Gasteiger partial charge in [-0.25, -0.2) is 9.97 Å².